The second-order valence-corrected chi connectivity index (χ2v) is 6.14. The summed E-state index contributed by atoms with van der Waals surface area (Å²) in [5, 5.41) is 22.2. The Morgan fingerprint density at radius 3 is 2.76 bits per heavy atom. The molecule has 2 N–H and O–H groups in total. The van der Waals surface area contributed by atoms with Gasteiger partial charge in [0.15, 0.2) is 5.69 Å². The molecule has 1 aliphatic rings. The number of aryl methyl sites for hydroxylation is 1. The van der Waals surface area contributed by atoms with E-state index in [9.17, 15) is 9.90 Å². The van der Waals surface area contributed by atoms with Gasteiger partial charge in [-0.05, 0) is 17.7 Å². The van der Waals surface area contributed by atoms with Crippen LogP contribution >= 0.6 is 0 Å². The third-order valence-corrected chi connectivity index (χ3v) is 4.35. The van der Waals surface area contributed by atoms with Gasteiger partial charge in [-0.25, -0.2) is 4.79 Å². The van der Waals surface area contributed by atoms with Crippen LogP contribution < -0.4 is 0 Å². The predicted octanol–water partition coefficient (Wildman–Crippen LogP) is 1.41. The quantitative estimate of drug-likeness (QED) is 0.824. The van der Waals surface area contributed by atoms with Gasteiger partial charge >= 0.3 is 5.97 Å². The first-order valence-electron chi connectivity index (χ1n) is 8.27. The van der Waals surface area contributed by atoms with Crippen LogP contribution in [0.2, 0.25) is 0 Å². The van der Waals surface area contributed by atoms with Gasteiger partial charge in [-0.2, -0.15) is 5.10 Å². The van der Waals surface area contributed by atoms with E-state index in [1.807, 2.05) is 24.3 Å². The van der Waals surface area contributed by atoms with Crippen LogP contribution in [-0.4, -0.2) is 44.0 Å². The molecule has 1 aliphatic heterocycles. The van der Waals surface area contributed by atoms with Gasteiger partial charge in [0.2, 0.25) is 0 Å². The zero-order valence-electron chi connectivity index (χ0n) is 14.2. The van der Waals surface area contributed by atoms with Crippen molar-refractivity contribution >= 4 is 5.97 Å². The molecule has 0 atom stereocenters. The fourth-order valence-corrected chi connectivity index (χ4v) is 3.13. The number of carboxylic acid groups (broad SMARTS) is 1. The Morgan fingerprint density at radius 1 is 1.32 bits per heavy atom. The highest BCUT2D eigenvalue weighted by molar-refractivity contribution is 5.87. The van der Waals surface area contributed by atoms with Gasteiger partial charge in [0.25, 0.3) is 0 Å². The number of fused-ring (bicyclic) bond motifs is 1. The number of carboxylic acids is 1. The molecule has 130 valence electrons. The van der Waals surface area contributed by atoms with Crippen LogP contribution in [0.5, 0.6) is 0 Å². The van der Waals surface area contributed by atoms with Crippen molar-refractivity contribution < 1.29 is 15.0 Å². The van der Waals surface area contributed by atoms with Crippen LogP contribution in [0, 0.1) is 11.8 Å². The summed E-state index contributed by atoms with van der Waals surface area (Å²) in [5.41, 5.74) is 4.10. The standard InChI is InChI=1S/C19H21N3O3/c1-21-17-9-10-22(13-16(17)18(20-21)19(24)25)12-15-7-5-14(6-8-15)4-2-3-11-23/h5-8,23H,3,9-13H2,1H3,(H,24,25). The molecule has 0 radical (unpaired) electrons. The fourth-order valence-electron chi connectivity index (χ4n) is 3.13. The van der Waals surface area contributed by atoms with Crippen LogP contribution in [0.15, 0.2) is 24.3 Å². The Morgan fingerprint density at radius 2 is 2.08 bits per heavy atom. The van der Waals surface area contributed by atoms with E-state index >= 15 is 0 Å². The average Bonchev–Trinajstić information content (AvgIpc) is 2.93. The molecule has 0 saturated heterocycles. The number of nitrogens with zero attached hydrogens (tertiary/aromatic N) is 3. The number of rotatable bonds is 4. The number of hydrogen-bond acceptors (Lipinski definition) is 4. The summed E-state index contributed by atoms with van der Waals surface area (Å²) in [7, 11) is 1.80. The van der Waals surface area contributed by atoms with E-state index in [0.717, 1.165) is 41.9 Å². The summed E-state index contributed by atoms with van der Waals surface area (Å²) in [6, 6.07) is 8.03. The molecule has 2 heterocycles. The Bertz CT molecular complexity index is 828. The fraction of sp³-hybridized carbons (Fsp3) is 0.368. The summed E-state index contributed by atoms with van der Waals surface area (Å²) in [6.45, 7) is 2.32. The lowest BCUT2D eigenvalue weighted by atomic mass is 10.0. The van der Waals surface area contributed by atoms with Gasteiger partial charge in [-0.3, -0.25) is 9.58 Å². The maximum atomic E-state index is 11.4. The van der Waals surface area contributed by atoms with E-state index in [2.05, 4.69) is 21.8 Å². The molecule has 25 heavy (non-hydrogen) atoms. The average molecular weight is 339 g/mol. The van der Waals surface area contributed by atoms with E-state index in [-0.39, 0.29) is 12.3 Å². The first kappa shape index (κ1) is 17.2. The zero-order valence-corrected chi connectivity index (χ0v) is 14.2. The summed E-state index contributed by atoms with van der Waals surface area (Å²) in [4.78, 5) is 13.6. The first-order chi connectivity index (χ1) is 12.1. The molecular formula is C19H21N3O3. The summed E-state index contributed by atoms with van der Waals surface area (Å²) < 4.78 is 1.69. The highest BCUT2D eigenvalue weighted by Gasteiger charge is 2.26. The van der Waals surface area contributed by atoms with Crippen LogP contribution in [-0.2, 0) is 26.6 Å². The minimum Gasteiger partial charge on any atom is -0.476 e. The summed E-state index contributed by atoms with van der Waals surface area (Å²) >= 11 is 0. The minimum absolute atomic E-state index is 0.0781. The van der Waals surface area contributed by atoms with Gasteiger partial charge in [-0.15, -0.1) is 0 Å². The number of aliphatic hydroxyl groups is 1. The lowest BCUT2D eigenvalue weighted by molar-refractivity contribution is 0.0687. The van der Waals surface area contributed by atoms with E-state index in [0.29, 0.717) is 13.0 Å². The Kier molecular flexibility index (Phi) is 5.17. The maximum absolute atomic E-state index is 11.4. The third-order valence-electron chi connectivity index (χ3n) is 4.35. The zero-order chi connectivity index (χ0) is 17.8. The van der Waals surface area contributed by atoms with Crippen molar-refractivity contribution in [1.29, 1.82) is 0 Å². The minimum atomic E-state index is -0.968. The lowest BCUT2D eigenvalue weighted by Crippen LogP contribution is -2.31. The largest absolute Gasteiger partial charge is 0.476 e. The van der Waals surface area contributed by atoms with Crippen molar-refractivity contribution in [2.45, 2.75) is 25.9 Å². The second kappa shape index (κ2) is 7.51. The topological polar surface area (TPSA) is 78.6 Å². The van der Waals surface area contributed by atoms with E-state index in [1.54, 1.807) is 11.7 Å². The van der Waals surface area contributed by atoms with Gasteiger partial charge in [0.05, 0.1) is 6.61 Å². The molecule has 0 spiro atoms. The lowest BCUT2D eigenvalue weighted by Gasteiger charge is -2.27. The Hall–Kier alpha value is -2.62. The number of hydrogen-bond donors (Lipinski definition) is 2. The molecule has 0 amide bonds. The molecule has 0 bridgehead atoms. The number of benzene rings is 1. The molecule has 0 aliphatic carbocycles. The van der Waals surface area contributed by atoms with Gasteiger partial charge in [0, 0.05) is 56.3 Å². The molecule has 1 aromatic carbocycles. The molecule has 1 aromatic heterocycles. The molecule has 0 unspecified atom stereocenters. The van der Waals surface area contributed by atoms with Gasteiger partial charge in [-0.1, -0.05) is 24.0 Å². The first-order valence-corrected chi connectivity index (χ1v) is 8.27. The number of aromatic nitrogens is 2. The van der Waals surface area contributed by atoms with Crippen LogP contribution in [0.4, 0.5) is 0 Å². The summed E-state index contributed by atoms with van der Waals surface area (Å²) in [5.74, 6) is 4.95. The monoisotopic (exact) mass is 339 g/mol. The maximum Gasteiger partial charge on any atom is 0.356 e. The van der Waals surface area contributed by atoms with Crippen LogP contribution in [0.25, 0.3) is 0 Å². The molecular weight excluding hydrogens is 318 g/mol. The van der Waals surface area contributed by atoms with Crippen LogP contribution in [0.3, 0.4) is 0 Å². The molecule has 3 rings (SSSR count). The summed E-state index contributed by atoms with van der Waals surface area (Å²) in [6.07, 6.45) is 1.28. The van der Waals surface area contributed by atoms with Crippen LogP contribution in [0.1, 0.15) is 39.3 Å². The van der Waals surface area contributed by atoms with E-state index in [4.69, 9.17) is 5.11 Å². The molecule has 0 saturated carbocycles. The highest BCUT2D eigenvalue weighted by atomic mass is 16.4. The van der Waals surface area contributed by atoms with Crippen molar-refractivity contribution in [2.24, 2.45) is 7.05 Å². The number of aliphatic hydroxyl groups excluding tert-OH is 1. The second-order valence-electron chi connectivity index (χ2n) is 6.14. The molecule has 2 aromatic rings. The van der Waals surface area contributed by atoms with Crippen molar-refractivity contribution in [3.63, 3.8) is 0 Å². The van der Waals surface area contributed by atoms with Gasteiger partial charge < -0.3 is 10.2 Å². The van der Waals surface area contributed by atoms with Gasteiger partial charge in [0.1, 0.15) is 0 Å². The predicted molar refractivity (Wildman–Crippen MR) is 93.0 cm³/mol. The normalized spacial score (nSPS) is 13.8. The molecule has 0 fully saturated rings. The third kappa shape index (κ3) is 3.90. The van der Waals surface area contributed by atoms with Crippen molar-refractivity contribution in [1.82, 2.24) is 14.7 Å². The van der Waals surface area contributed by atoms with E-state index in [1.165, 1.54) is 0 Å². The Labute approximate surface area is 146 Å². The Balaban J connectivity index is 1.69. The van der Waals surface area contributed by atoms with Crippen molar-refractivity contribution in [3.8, 4) is 11.8 Å². The van der Waals surface area contributed by atoms with Crippen molar-refractivity contribution in [3.05, 3.63) is 52.3 Å². The molecule has 6 nitrogen and oxygen atoms in total. The highest BCUT2D eigenvalue weighted by Crippen LogP contribution is 2.23. The number of carbonyl (C=O) groups is 1. The SMILES string of the molecule is Cn1nc(C(=O)O)c2c1CCN(Cc1ccc(C#CCCO)cc1)C2. The number of aromatic carboxylic acids is 1. The van der Waals surface area contributed by atoms with Crippen molar-refractivity contribution in [2.75, 3.05) is 13.2 Å². The molecule has 6 heteroatoms. The smallest absolute Gasteiger partial charge is 0.356 e. The van der Waals surface area contributed by atoms with E-state index < -0.39 is 5.97 Å².